The van der Waals surface area contributed by atoms with E-state index in [1.54, 1.807) is 6.07 Å². The largest absolute Gasteiger partial charge is 0.316 e. The zero-order valence-corrected chi connectivity index (χ0v) is 11.4. The predicted molar refractivity (Wildman–Crippen MR) is 75.7 cm³/mol. The summed E-state index contributed by atoms with van der Waals surface area (Å²) in [7, 11) is 0. The van der Waals surface area contributed by atoms with Gasteiger partial charge in [-0.3, -0.25) is 0 Å². The van der Waals surface area contributed by atoms with E-state index in [0.717, 1.165) is 11.2 Å². The fraction of sp³-hybridized carbons (Fsp3) is 0.0667. The van der Waals surface area contributed by atoms with E-state index in [2.05, 4.69) is 28.9 Å². The molecule has 0 unspecified atom stereocenters. The number of benzene rings is 2. The highest BCUT2D eigenvalue weighted by atomic mass is 79.9. The molecule has 0 aliphatic heterocycles. The lowest BCUT2D eigenvalue weighted by molar-refractivity contribution is 0.620. The predicted octanol–water partition coefficient (Wildman–Crippen LogP) is 4.84. The van der Waals surface area contributed by atoms with E-state index >= 15 is 0 Å². The van der Waals surface area contributed by atoms with Gasteiger partial charge in [0.2, 0.25) is 0 Å². The lowest BCUT2D eigenvalue weighted by Crippen LogP contribution is -1.92. The summed E-state index contributed by atoms with van der Waals surface area (Å²) in [6, 6.07) is 13.3. The Morgan fingerprint density at radius 1 is 1.11 bits per heavy atom. The molecule has 0 spiro atoms. The van der Waals surface area contributed by atoms with Gasteiger partial charge in [0, 0.05) is 17.3 Å². The van der Waals surface area contributed by atoms with Crippen LogP contribution in [0.1, 0.15) is 5.56 Å². The number of hydrogen-bond donors (Lipinski definition) is 0. The Balaban J connectivity index is 2.28. The second kappa shape index (κ2) is 4.25. The molecule has 1 aromatic heterocycles. The zero-order chi connectivity index (χ0) is 12.7. The first-order valence-electron chi connectivity index (χ1n) is 5.69. The fourth-order valence-corrected chi connectivity index (χ4v) is 2.45. The van der Waals surface area contributed by atoms with Crippen molar-refractivity contribution < 1.29 is 4.39 Å². The molecule has 0 fully saturated rings. The Kier molecular flexibility index (Phi) is 2.71. The van der Waals surface area contributed by atoms with E-state index in [-0.39, 0.29) is 5.82 Å². The van der Waals surface area contributed by atoms with Gasteiger partial charge in [0.1, 0.15) is 5.82 Å². The van der Waals surface area contributed by atoms with Crippen LogP contribution in [-0.2, 0) is 0 Å². The summed E-state index contributed by atoms with van der Waals surface area (Å²) < 4.78 is 16.1. The number of aromatic nitrogens is 1. The van der Waals surface area contributed by atoms with Crippen LogP contribution < -0.4 is 0 Å². The maximum Gasteiger partial charge on any atom is 0.139 e. The zero-order valence-electron chi connectivity index (χ0n) is 9.82. The van der Waals surface area contributed by atoms with Crippen LogP contribution in [0.3, 0.4) is 0 Å². The van der Waals surface area contributed by atoms with Crippen LogP contribution in [0.4, 0.5) is 4.39 Å². The molecule has 1 heterocycles. The van der Waals surface area contributed by atoms with Gasteiger partial charge >= 0.3 is 0 Å². The quantitative estimate of drug-likeness (QED) is 0.606. The molecule has 2 aromatic carbocycles. The van der Waals surface area contributed by atoms with Crippen LogP contribution in [0.2, 0.25) is 0 Å². The van der Waals surface area contributed by atoms with Crippen molar-refractivity contribution >= 4 is 26.8 Å². The number of halogens is 2. The molecule has 0 radical (unpaired) electrons. The number of hydrogen-bond acceptors (Lipinski definition) is 0. The maximum atomic E-state index is 13.6. The van der Waals surface area contributed by atoms with Gasteiger partial charge in [0.05, 0.1) is 9.99 Å². The Morgan fingerprint density at radius 2 is 1.89 bits per heavy atom. The van der Waals surface area contributed by atoms with Crippen molar-refractivity contribution in [2.45, 2.75) is 6.92 Å². The van der Waals surface area contributed by atoms with Gasteiger partial charge in [-0.1, -0.05) is 18.2 Å². The Hall–Kier alpha value is -1.61. The summed E-state index contributed by atoms with van der Waals surface area (Å²) in [5.41, 5.74) is 3.12. The maximum absolute atomic E-state index is 13.6. The molecule has 18 heavy (non-hydrogen) atoms. The third-order valence-electron chi connectivity index (χ3n) is 3.09. The van der Waals surface area contributed by atoms with Gasteiger partial charge in [-0.05, 0) is 52.7 Å². The second-order valence-corrected chi connectivity index (χ2v) is 5.15. The van der Waals surface area contributed by atoms with Crippen molar-refractivity contribution in [3.63, 3.8) is 0 Å². The van der Waals surface area contributed by atoms with Crippen LogP contribution >= 0.6 is 15.9 Å². The van der Waals surface area contributed by atoms with Crippen LogP contribution in [-0.4, -0.2) is 4.57 Å². The van der Waals surface area contributed by atoms with Crippen LogP contribution in [0, 0.1) is 12.7 Å². The standard InChI is InChI=1S/C15H11BrFN/c1-10-9-18(15-5-3-2-4-12(10)15)11-6-7-13(16)14(17)8-11/h2-9H,1H3. The first kappa shape index (κ1) is 11.5. The van der Waals surface area contributed by atoms with Crippen molar-refractivity contribution in [1.29, 1.82) is 0 Å². The van der Waals surface area contributed by atoms with Crippen molar-refractivity contribution in [3.05, 3.63) is 64.5 Å². The average Bonchev–Trinajstić information content (AvgIpc) is 2.71. The number of rotatable bonds is 1. The third-order valence-corrected chi connectivity index (χ3v) is 3.74. The van der Waals surface area contributed by atoms with E-state index in [0.29, 0.717) is 4.47 Å². The topological polar surface area (TPSA) is 4.93 Å². The molecule has 0 atom stereocenters. The average molecular weight is 304 g/mol. The van der Waals surface area contributed by atoms with Gasteiger partial charge in [0.25, 0.3) is 0 Å². The fourth-order valence-electron chi connectivity index (χ4n) is 2.20. The molecule has 0 aliphatic rings. The SMILES string of the molecule is Cc1cn(-c2ccc(Br)c(F)c2)c2ccccc12. The Labute approximate surface area is 113 Å². The molecular weight excluding hydrogens is 293 g/mol. The molecule has 1 nitrogen and oxygen atoms in total. The molecule has 90 valence electrons. The normalized spacial score (nSPS) is 11.1. The molecule has 0 amide bonds. The minimum Gasteiger partial charge on any atom is -0.316 e. The minimum atomic E-state index is -0.247. The molecule has 0 N–H and O–H groups in total. The summed E-state index contributed by atoms with van der Waals surface area (Å²) in [6.07, 6.45) is 2.04. The van der Waals surface area contributed by atoms with E-state index in [1.807, 2.05) is 35.0 Å². The van der Waals surface area contributed by atoms with Crippen molar-refractivity contribution in [1.82, 2.24) is 4.57 Å². The third kappa shape index (κ3) is 1.75. The van der Waals surface area contributed by atoms with Gasteiger partial charge in [-0.25, -0.2) is 4.39 Å². The van der Waals surface area contributed by atoms with E-state index in [9.17, 15) is 4.39 Å². The van der Waals surface area contributed by atoms with Gasteiger partial charge in [-0.2, -0.15) is 0 Å². The van der Waals surface area contributed by atoms with E-state index in [1.165, 1.54) is 17.0 Å². The van der Waals surface area contributed by atoms with Crippen molar-refractivity contribution in [2.75, 3.05) is 0 Å². The summed E-state index contributed by atoms with van der Waals surface area (Å²) in [5.74, 6) is -0.247. The van der Waals surface area contributed by atoms with Gasteiger partial charge < -0.3 is 4.57 Å². The molecule has 3 rings (SSSR count). The van der Waals surface area contributed by atoms with Crippen LogP contribution in [0.15, 0.2) is 53.1 Å². The van der Waals surface area contributed by atoms with Gasteiger partial charge in [-0.15, -0.1) is 0 Å². The van der Waals surface area contributed by atoms with Gasteiger partial charge in [0.15, 0.2) is 0 Å². The number of nitrogens with zero attached hydrogens (tertiary/aromatic N) is 1. The molecule has 0 bridgehead atoms. The summed E-state index contributed by atoms with van der Waals surface area (Å²) in [4.78, 5) is 0. The van der Waals surface area contributed by atoms with Crippen molar-refractivity contribution in [3.8, 4) is 5.69 Å². The summed E-state index contributed by atoms with van der Waals surface area (Å²) >= 11 is 3.17. The Bertz CT molecular complexity index is 730. The second-order valence-electron chi connectivity index (χ2n) is 4.30. The molecular formula is C15H11BrFN. The lowest BCUT2D eigenvalue weighted by Gasteiger charge is -2.06. The minimum absolute atomic E-state index is 0.247. The smallest absolute Gasteiger partial charge is 0.139 e. The molecule has 3 aromatic rings. The van der Waals surface area contributed by atoms with Crippen LogP contribution in [0.5, 0.6) is 0 Å². The summed E-state index contributed by atoms with van der Waals surface area (Å²) in [5, 5.41) is 1.20. The van der Waals surface area contributed by atoms with E-state index in [4.69, 9.17) is 0 Å². The number of para-hydroxylation sites is 1. The molecule has 3 heteroatoms. The highest BCUT2D eigenvalue weighted by Gasteiger charge is 2.08. The Morgan fingerprint density at radius 3 is 2.67 bits per heavy atom. The number of aryl methyl sites for hydroxylation is 1. The first-order valence-corrected chi connectivity index (χ1v) is 6.48. The highest BCUT2D eigenvalue weighted by molar-refractivity contribution is 9.10. The summed E-state index contributed by atoms with van der Waals surface area (Å²) in [6.45, 7) is 2.06. The first-order chi connectivity index (χ1) is 8.66. The molecule has 0 aliphatic carbocycles. The lowest BCUT2D eigenvalue weighted by atomic mass is 10.2. The number of fused-ring (bicyclic) bond motifs is 1. The highest BCUT2D eigenvalue weighted by Crippen LogP contribution is 2.26. The van der Waals surface area contributed by atoms with Crippen LogP contribution in [0.25, 0.3) is 16.6 Å². The molecule has 0 saturated heterocycles. The monoisotopic (exact) mass is 303 g/mol. The van der Waals surface area contributed by atoms with E-state index < -0.39 is 0 Å². The van der Waals surface area contributed by atoms with Crippen molar-refractivity contribution in [2.24, 2.45) is 0 Å². The molecule has 0 saturated carbocycles.